The Morgan fingerprint density at radius 2 is 2.12 bits per heavy atom. The van der Waals surface area contributed by atoms with E-state index in [2.05, 4.69) is 10.3 Å². The van der Waals surface area contributed by atoms with Crippen LogP contribution in [0.4, 0.5) is 8.78 Å². The lowest BCUT2D eigenvalue weighted by Crippen LogP contribution is -2.30. The average Bonchev–Trinajstić information content (AvgIpc) is 3.30. The van der Waals surface area contributed by atoms with Crippen LogP contribution in [0.25, 0.3) is 0 Å². The van der Waals surface area contributed by atoms with Crippen molar-refractivity contribution >= 4 is 23.4 Å². The molecule has 9 heteroatoms. The highest BCUT2D eigenvalue weighted by atomic mass is 35.5. The van der Waals surface area contributed by atoms with Gasteiger partial charge >= 0.3 is 5.97 Å². The molecule has 0 amide bonds. The maximum atomic E-state index is 12.8. The van der Waals surface area contributed by atoms with Gasteiger partial charge in [0, 0.05) is 18.1 Å². The number of amidine groups is 1. The standard InChI is InChI=1S/C17H17ClF2N4O2/c1-9-3-4-10(18)7-11(9)17(5-6-17)16(21)23-26-15(25)12-8-13(14(19)20)24(2)22-12/h3-4,7-8,14H,5-6H2,1-2H3,(H2,21,23). The van der Waals surface area contributed by atoms with Crippen LogP contribution < -0.4 is 5.73 Å². The average molecular weight is 383 g/mol. The first-order chi connectivity index (χ1) is 12.2. The van der Waals surface area contributed by atoms with E-state index in [1.807, 2.05) is 19.1 Å². The molecule has 0 saturated heterocycles. The first-order valence-corrected chi connectivity index (χ1v) is 8.26. The van der Waals surface area contributed by atoms with E-state index in [0.717, 1.165) is 34.7 Å². The molecule has 1 saturated carbocycles. The molecule has 0 aliphatic heterocycles. The van der Waals surface area contributed by atoms with Crippen LogP contribution in [0.1, 0.15) is 46.6 Å². The molecule has 0 spiro atoms. The van der Waals surface area contributed by atoms with Gasteiger partial charge in [0.1, 0.15) is 5.69 Å². The minimum absolute atomic E-state index is 0.140. The molecule has 0 unspecified atom stereocenters. The number of carbonyl (C=O) groups is 1. The molecule has 26 heavy (non-hydrogen) atoms. The fourth-order valence-electron chi connectivity index (χ4n) is 2.91. The molecule has 3 rings (SSSR count). The molecular formula is C17H17ClF2N4O2. The lowest BCUT2D eigenvalue weighted by Gasteiger charge is -2.17. The molecule has 1 heterocycles. The first kappa shape index (κ1) is 18.3. The van der Waals surface area contributed by atoms with E-state index in [1.165, 1.54) is 7.05 Å². The van der Waals surface area contributed by atoms with Crippen LogP contribution in [0, 0.1) is 6.92 Å². The number of hydrogen-bond acceptors (Lipinski definition) is 4. The van der Waals surface area contributed by atoms with Crippen LogP contribution in [0.2, 0.25) is 5.02 Å². The maximum absolute atomic E-state index is 12.8. The predicted molar refractivity (Wildman–Crippen MR) is 92.3 cm³/mol. The fraction of sp³-hybridized carbons (Fsp3) is 0.353. The van der Waals surface area contributed by atoms with Gasteiger partial charge in [-0.25, -0.2) is 13.6 Å². The summed E-state index contributed by atoms with van der Waals surface area (Å²) < 4.78 is 26.5. The zero-order chi connectivity index (χ0) is 19.1. The number of nitrogens with two attached hydrogens (primary N) is 1. The Balaban J connectivity index is 1.79. The second-order valence-electron chi connectivity index (χ2n) is 6.28. The van der Waals surface area contributed by atoms with Gasteiger partial charge < -0.3 is 10.6 Å². The maximum Gasteiger partial charge on any atom is 0.385 e. The summed E-state index contributed by atoms with van der Waals surface area (Å²) in [6, 6.07) is 6.46. The van der Waals surface area contributed by atoms with E-state index in [-0.39, 0.29) is 17.2 Å². The number of alkyl halides is 2. The van der Waals surface area contributed by atoms with Crippen LogP contribution in [-0.2, 0) is 17.3 Å². The van der Waals surface area contributed by atoms with E-state index in [4.69, 9.17) is 22.2 Å². The zero-order valence-corrected chi connectivity index (χ0v) is 14.9. The molecule has 138 valence electrons. The van der Waals surface area contributed by atoms with Crippen LogP contribution >= 0.6 is 11.6 Å². The molecule has 0 bridgehead atoms. The highest BCUT2D eigenvalue weighted by molar-refractivity contribution is 6.30. The van der Waals surface area contributed by atoms with E-state index in [0.29, 0.717) is 5.02 Å². The molecule has 1 aromatic heterocycles. The highest BCUT2D eigenvalue weighted by Crippen LogP contribution is 2.50. The summed E-state index contributed by atoms with van der Waals surface area (Å²) >= 11 is 6.07. The molecule has 2 N–H and O–H groups in total. The summed E-state index contributed by atoms with van der Waals surface area (Å²) in [5.41, 5.74) is 6.82. The molecule has 1 fully saturated rings. The molecule has 1 aromatic carbocycles. The second kappa shape index (κ2) is 6.68. The summed E-state index contributed by atoms with van der Waals surface area (Å²) in [5.74, 6) is -0.810. The minimum Gasteiger partial charge on any atom is -0.384 e. The number of nitrogens with zero attached hydrogens (tertiary/aromatic N) is 3. The predicted octanol–water partition coefficient (Wildman–Crippen LogP) is 3.48. The Morgan fingerprint density at radius 3 is 2.69 bits per heavy atom. The SMILES string of the molecule is Cc1ccc(Cl)cc1C1(/C(N)=N/OC(=O)c2cc(C(F)F)n(C)n2)CC1. The number of carbonyl (C=O) groups excluding carboxylic acids is 1. The summed E-state index contributed by atoms with van der Waals surface area (Å²) in [7, 11) is 1.32. The third-order valence-corrected chi connectivity index (χ3v) is 4.77. The fourth-order valence-corrected chi connectivity index (χ4v) is 3.08. The molecular weight excluding hydrogens is 366 g/mol. The first-order valence-electron chi connectivity index (χ1n) is 7.88. The van der Waals surface area contributed by atoms with Crippen molar-refractivity contribution in [2.75, 3.05) is 0 Å². The topological polar surface area (TPSA) is 82.5 Å². The number of hydrogen-bond donors (Lipinski definition) is 1. The molecule has 1 aliphatic rings. The van der Waals surface area contributed by atoms with Gasteiger partial charge in [-0.2, -0.15) is 5.10 Å². The largest absolute Gasteiger partial charge is 0.385 e. The van der Waals surface area contributed by atoms with Crippen LogP contribution in [0.15, 0.2) is 29.4 Å². The molecule has 1 aliphatic carbocycles. The van der Waals surface area contributed by atoms with Crippen LogP contribution in [0.3, 0.4) is 0 Å². The van der Waals surface area contributed by atoms with E-state index in [1.54, 1.807) is 6.07 Å². The number of halogens is 3. The molecule has 2 aromatic rings. The van der Waals surface area contributed by atoms with Gasteiger partial charge in [0.15, 0.2) is 11.5 Å². The molecule has 0 radical (unpaired) electrons. The normalized spacial score (nSPS) is 16.0. The van der Waals surface area contributed by atoms with Crippen molar-refractivity contribution < 1.29 is 18.4 Å². The van der Waals surface area contributed by atoms with Gasteiger partial charge in [-0.15, -0.1) is 0 Å². The monoisotopic (exact) mass is 382 g/mol. The number of aryl methyl sites for hydroxylation is 2. The van der Waals surface area contributed by atoms with Crippen molar-refractivity contribution in [3.63, 3.8) is 0 Å². The van der Waals surface area contributed by atoms with Gasteiger partial charge in [-0.3, -0.25) is 4.68 Å². The molecule has 0 atom stereocenters. The van der Waals surface area contributed by atoms with Gasteiger partial charge in [0.05, 0.1) is 5.41 Å². The number of oxime groups is 1. The Hall–Kier alpha value is -2.48. The van der Waals surface area contributed by atoms with Crippen molar-refractivity contribution in [3.8, 4) is 0 Å². The Kier molecular flexibility index (Phi) is 4.70. The quantitative estimate of drug-likeness (QED) is 0.371. The van der Waals surface area contributed by atoms with Crippen molar-refractivity contribution in [2.45, 2.75) is 31.6 Å². The van der Waals surface area contributed by atoms with Gasteiger partial charge in [0.25, 0.3) is 6.43 Å². The van der Waals surface area contributed by atoms with E-state index < -0.39 is 17.8 Å². The number of rotatable bonds is 5. The van der Waals surface area contributed by atoms with Gasteiger partial charge in [-0.1, -0.05) is 22.8 Å². The molecule has 6 nitrogen and oxygen atoms in total. The van der Waals surface area contributed by atoms with Crippen molar-refractivity contribution in [3.05, 3.63) is 51.8 Å². The number of aromatic nitrogens is 2. The van der Waals surface area contributed by atoms with Crippen LogP contribution in [0.5, 0.6) is 0 Å². The third kappa shape index (κ3) is 3.29. The van der Waals surface area contributed by atoms with Crippen molar-refractivity contribution in [1.29, 1.82) is 0 Å². The summed E-state index contributed by atoms with van der Waals surface area (Å²) in [6.45, 7) is 1.94. The van der Waals surface area contributed by atoms with Gasteiger partial charge in [-0.05, 0) is 43.0 Å². The van der Waals surface area contributed by atoms with E-state index >= 15 is 0 Å². The van der Waals surface area contributed by atoms with Crippen molar-refractivity contribution in [2.24, 2.45) is 17.9 Å². The smallest absolute Gasteiger partial charge is 0.384 e. The highest BCUT2D eigenvalue weighted by Gasteiger charge is 2.49. The van der Waals surface area contributed by atoms with E-state index in [9.17, 15) is 13.6 Å². The van der Waals surface area contributed by atoms with Gasteiger partial charge in [0.2, 0.25) is 0 Å². The second-order valence-corrected chi connectivity index (χ2v) is 6.71. The number of benzene rings is 1. The Labute approximate surface area is 153 Å². The third-order valence-electron chi connectivity index (χ3n) is 4.53. The van der Waals surface area contributed by atoms with Crippen LogP contribution in [-0.4, -0.2) is 21.6 Å². The minimum atomic E-state index is -2.75. The lowest BCUT2D eigenvalue weighted by molar-refractivity contribution is 0.0506. The summed E-state index contributed by atoms with van der Waals surface area (Å²) in [5, 5.41) is 8.02. The van der Waals surface area contributed by atoms with Crippen molar-refractivity contribution in [1.82, 2.24) is 9.78 Å². The summed E-state index contributed by atoms with van der Waals surface area (Å²) in [6.07, 6.45) is -1.25. The Morgan fingerprint density at radius 1 is 1.42 bits per heavy atom. The summed E-state index contributed by atoms with van der Waals surface area (Å²) in [4.78, 5) is 16.8. The lowest BCUT2D eigenvalue weighted by atomic mass is 9.91. The Bertz CT molecular complexity index is 891. The zero-order valence-electron chi connectivity index (χ0n) is 14.2.